The van der Waals surface area contributed by atoms with Crippen LogP contribution >= 0.6 is 0 Å². The number of hydrogen-bond acceptors (Lipinski definition) is 3. The van der Waals surface area contributed by atoms with E-state index < -0.39 is 17.6 Å². The molecule has 2 rings (SSSR count). The Morgan fingerprint density at radius 2 is 1.92 bits per heavy atom. The summed E-state index contributed by atoms with van der Waals surface area (Å²) in [6, 6.07) is 4.66. The van der Waals surface area contributed by atoms with Crippen LogP contribution in [0.2, 0.25) is 0 Å². The topological polar surface area (TPSA) is 60.3 Å². The molecule has 0 radical (unpaired) electrons. The number of amides is 1. The molecular weight excluding hydrogens is 337 g/mol. The van der Waals surface area contributed by atoms with Crippen molar-refractivity contribution in [1.29, 1.82) is 0 Å². The van der Waals surface area contributed by atoms with E-state index in [1.165, 1.54) is 36.9 Å². The number of alkyl halides is 3. The fraction of sp³-hybridized carbons (Fsp3) is 0.294. The zero-order valence-corrected chi connectivity index (χ0v) is 13.9. The molecule has 134 valence electrons. The lowest BCUT2D eigenvalue weighted by molar-refractivity contribution is -0.137. The predicted octanol–water partition coefficient (Wildman–Crippen LogP) is 3.90. The van der Waals surface area contributed by atoms with Crippen LogP contribution in [0.3, 0.4) is 0 Å². The number of Topliss-reactive ketones (excluding diaryl/α,β-unsaturated/α-hetero) is 1. The van der Waals surface area contributed by atoms with E-state index in [-0.39, 0.29) is 29.5 Å². The highest BCUT2D eigenvalue weighted by atomic mass is 19.4. The third kappa shape index (κ3) is 4.20. The molecule has 0 atom stereocenters. The molecule has 1 aromatic carbocycles. The number of carbonyl (C=O) groups is 2. The molecule has 25 heavy (non-hydrogen) atoms. The first-order valence-corrected chi connectivity index (χ1v) is 7.46. The minimum Gasteiger partial charge on any atom is -0.494 e. The number of carbonyl (C=O) groups excluding carboxylic acids is 2. The van der Waals surface area contributed by atoms with Gasteiger partial charge in [-0.25, -0.2) is 0 Å². The first kappa shape index (κ1) is 18.6. The quantitative estimate of drug-likeness (QED) is 0.829. The maximum absolute atomic E-state index is 13.3. The van der Waals surface area contributed by atoms with Gasteiger partial charge < -0.3 is 14.6 Å². The first-order valence-electron chi connectivity index (χ1n) is 7.46. The second-order valence-electron chi connectivity index (χ2n) is 5.37. The second-order valence-corrected chi connectivity index (χ2v) is 5.37. The van der Waals surface area contributed by atoms with Crippen LogP contribution in [0.1, 0.15) is 40.3 Å². The summed E-state index contributed by atoms with van der Waals surface area (Å²) in [6.07, 6.45) is -3.21. The zero-order chi connectivity index (χ0) is 18.8. The van der Waals surface area contributed by atoms with Crippen molar-refractivity contribution < 1.29 is 27.5 Å². The molecule has 0 spiro atoms. The Balaban J connectivity index is 2.36. The normalized spacial score (nSPS) is 11.3. The molecule has 1 N–H and O–H groups in total. The van der Waals surface area contributed by atoms with Gasteiger partial charge in [0.2, 0.25) is 0 Å². The fourth-order valence-electron chi connectivity index (χ4n) is 2.29. The average Bonchev–Trinajstić information content (AvgIpc) is 2.90. The average molecular weight is 354 g/mol. The van der Waals surface area contributed by atoms with Gasteiger partial charge in [-0.1, -0.05) is 0 Å². The fourth-order valence-corrected chi connectivity index (χ4v) is 2.29. The number of aryl methyl sites for hydroxylation is 1. The minimum atomic E-state index is -4.66. The van der Waals surface area contributed by atoms with Gasteiger partial charge in [0.1, 0.15) is 11.4 Å². The first-order chi connectivity index (χ1) is 11.6. The van der Waals surface area contributed by atoms with Gasteiger partial charge in [-0.05, 0) is 38.1 Å². The van der Waals surface area contributed by atoms with Crippen LogP contribution in [-0.4, -0.2) is 22.9 Å². The van der Waals surface area contributed by atoms with E-state index in [0.717, 1.165) is 12.1 Å². The highest BCUT2D eigenvalue weighted by molar-refractivity contribution is 6.06. The Bertz CT molecular complexity index is 810. The van der Waals surface area contributed by atoms with Gasteiger partial charge in [0.25, 0.3) is 5.91 Å². The molecule has 0 aliphatic carbocycles. The molecule has 1 amide bonds. The molecule has 8 heteroatoms. The molecule has 1 heterocycles. The molecule has 5 nitrogen and oxygen atoms in total. The number of aromatic nitrogens is 1. The number of anilines is 1. The number of halogens is 3. The van der Waals surface area contributed by atoms with Crippen LogP contribution in [0, 0.1) is 0 Å². The van der Waals surface area contributed by atoms with Crippen LogP contribution in [0.15, 0.2) is 30.5 Å². The summed E-state index contributed by atoms with van der Waals surface area (Å²) in [7, 11) is 1.53. The van der Waals surface area contributed by atoms with E-state index in [2.05, 4.69) is 5.32 Å². The number of ether oxygens (including phenoxy) is 1. The zero-order valence-electron chi connectivity index (χ0n) is 13.9. The van der Waals surface area contributed by atoms with Crippen molar-refractivity contribution in [3.63, 3.8) is 0 Å². The van der Waals surface area contributed by atoms with Crippen LogP contribution in [0.25, 0.3) is 0 Å². The molecule has 2 aromatic rings. The maximum Gasteiger partial charge on any atom is 0.418 e. The summed E-state index contributed by atoms with van der Waals surface area (Å²) in [6.45, 7) is 3.22. The van der Waals surface area contributed by atoms with Gasteiger partial charge in [-0.2, -0.15) is 13.2 Å². The molecule has 0 unspecified atom stereocenters. The van der Waals surface area contributed by atoms with Crippen molar-refractivity contribution in [3.05, 3.63) is 47.3 Å². The smallest absolute Gasteiger partial charge is 0.418 e. The lowest BCUT2D eigenvalue weighted by atomic mass is 10.1. The Kier molecular flexibility index (Phi) is 5.20. The molecule has 0 fully saturated rings. The summed E-state index contributed by atoms with van der Waals surface area (Å²) < 4.78 is 46.2. The number of nitrogens with one attached hydrogen (secondary N) is 1. The number of hydrogen-bond donors (Lipinski definition) is 1. The van der Waals surface area contributed by atoms with Crippen LogP contribution in [0.4, 0.5) is 18.9 Å². The van der Waals surface area contributed by atoms with Crippen molar-refractivity contribution in [2.45, 2.75) is 20.0 Å². The highest BCUT2D eigenvalue weighted by Gasteiger charge is 2.34. The van der Waals surface area contributed by atoms with Crippen LogP contribution < -0.4 is 10.1 Å². The summed E-state index contributed by atoms with van der Waals surface area (Å²) in [5.74, 6) is -0.929. The number of ketones is 1. The third-order valence-electron chi connectivity index (χ3n) is 3.50. The van der Waals surface area contributed by atoms with Gasteiger partial charge >= 0.3 is 6.18 Å². The molecule has 0 saturated heterocycles. The molecular formula is C17H17F3N2O3. The number of benzene rings is 1. The van der Waals surface area contributed by atoms with Crippen LogP contribution in [-0.2, 0) is 13.2 Å². The summed E-state index contributed by atoms with van der Waals surface area (Å²) >= 11 is 0. The van der Waals surface area contributed by atoms with Crippen molar-refractivity contribution in [2.24, 2.45) is 7.05 Å². The van der Waals surface area contributed by atoms with E-state index in [1.54, 1.807) is 6.92 Å². The summed E-state index contributed by atoms with van der Waals surface area (Å²) in [5, 5.41) is 2.25. The van der Waals surface area contributed by atoms with Crippen molar-refractivity contribution in [1.82, 2.24) is 4.57 Å². The van der Waals surface area contributed by atoms with Gasteiger partial charge in [0.05, 0.1) is 17.9 Å². The minimum absolute atomic E-state index is 0.0607. The predicted molar refractivity (Wildman–Crippen MR) is 86.0 cm³/mol. The molecule has 1 aromatic heterocycles. The SMILES string of the molecule is CCOc1ccc(NC(=O)c2cc(C(C)=O)cn2C)c(C(F)(F)F)c1. The highest BCUT2D eigenvalue weighted by Crippen LogP contribution is 2.37. The van der Waals surface area contributed by atoms with Crippen molar-refractivity contribution in [2.75, 3.05) is 11.9 Å². The summed E-state index contributed by atoms with van der Waals surface area (Å²) in [5.41, 5.74) is -1.01. The largest absolute Gasteiger partial charge is 0.494 e. The van der Waals surface area contributed by atoms with Crippen LogP contribution in [0.5, 0.6) is 5.75 Å². The Hall–Kier alpha value is -2.77. The van der Waals surface area contributed by atoms with E-state index in [0.29, 0.717) is 5.56 Å². The molecule has 0 bridgehead atoms. The lowest BCUT2D eigenvalue weighted by Gasteiger charge is -2.15. The molecule has 0 aliphatic rings. The van der Waals surface area contributed by atoms with Crippen molar-refractivity contribution in [3.8, 4) is 5.75 Å². The lowest BCUT2D eigenvalue weighted by Crippen LogP contribution is -2.18. The number of nitrogens with zero attached hydrogens (tertiary/aromatic N) is 1. The van der Waals surface area contributed by atoms with E-state index in [9.17, 15) is 22.8 Å². The Morgan fingerprint density at radius 1 is 1.24 bits per heavy atom. The van der Waals surface area contributed by atoms with Gasteiger partial charge in [0, 0.05) is 18.8 Å². The second kappa shape index (κ2) is 7.00. The molecule has 0 aliphatic heterocycles. The third-order valence-corrected chi connectivity index (χ3v) is 3.50. The van der Waals surface area contributed by atoms with Gasteiger partial charge in [-0.3, -0.25) is 9.59 Å². The number of rotatable bonds is 5. The Labute approximate surface area is 142 Å². The van der Waals surface area contributed by atoms with E-state index in [4.69, 9.17) is 4.74 Å². The standard InChI is InChI=1S/C17H17F3N2O3/c1-4-25-12-5-6-14(13(8-12)17(18,19)20)21-16(24)15-7-11(10(2)23)9-22(15)3/h5-9H,4H2,1-3H3,(H,21,24). The Morgan fingerprint density at radius 3 is 2.44 bits per heavy atom. The van der Waals surface area contributed by atoms with Crippen molar-refractivity contribution >= 4 is 17.4 Å². The van der Waals surface area contributed by atoms with Gasteiger partial charge in [-0.15, -0.1) is 0 Å². The monoisotopic (exact) mass is 354 g/mol. The maximum atomic E-state index is 13.3. The molecule has 0 saturated carbocycles. The summed E-state index contributed by atoms with van der Waals surface area (Å²) in [4.78, 5) is 23.7. The van der Waals surface area contributed by atoms with Gasteiger partial charge in [0.15, 0.2) is 5.78 Å². The van der Waals surface area contributed by atoms with E-state index in [1.807, 2.05) is 0 Å². The van der Waals surface area contributed by atoms with E-state index >= 15 is 0 Å².